The first-order valence-electron chi connectivity index (χ1n) is 9.90. The van der Waals surface area contributed by atoms with Gasteiger partial charge >= 0.3 is 5.97 Å². The highest BCUT2D eigenvalue weighted by Crippen LogP contribution is 2.29. The molecule has 0 aromatic carbocycles. The molecule has 0 radical (unpaired) electrons. The zero-order chi connectivity index (χ0) is 20.8. The van der Waals surface area contributed by atoms with Gasteiger partial charge in [0.05, 0.1) is 11.3 Å². The Hall–Kier alpha value is -2.35. The number of carbonyl (C=O) groups excluding carboxylic acids is 2. The first kappa shape index (κ1) is 21.4. The van der Waals surface area contributed by atoms with E-state index in [4.69, 9.17) is 9.26 Å². The quantitative estimate of drug-likeness (QED) is 0.541. The summed E-state index contributed by atoms with van der Waals surface area (Å²) in [5.41, 5.74) is 1.11. The molecule has 7 nitrogen and oxygen atoms in total. The second-order valence-corrected chi connectivity index (χ2v) is 8.56. The summed E-state index contributed by atoms with van der Waals surface area (Å²) in [4.78, 5) is 29.0. The Morgan fingerprint density at radius 3 is 2.93 bits per heavy atom. The van der Waals surface area contributed by atoms with Gasteiger partial charge in [-0.3, -0.25) is 4.79 Å². The monoisotopic (exact) mass is 417 g/mol. The van der Waals surface area contributed by atoms with Gasteiger partial charge in [-0.15, -0.1) is 0 Å². The third kappa shape index (κ3) is 5.82. The average Bonchev–Trinajstić information content (AvgIpc) is 3.13. The number of nitrogens with zero attached hydrogens (tertiary/aromatic N) is 2. The highest BCUT2D eigenvalue weighted by Gasteiger charge is 2.28. The number of nitrogens with one attached hydrogen (secondary N) is 1. The van der Waals surface area contributed by atoms with E-state index in [1.807, 2.05) is 13.0 Å². The van der Waals surface area contributed by atoms with Crippen molar-refractivity contribution >= 4 is 23.6 Å². The van der Waals surface area contributed by atoms with Crippen LogP contribution in [0.5, 0.6) is 0 Å². The molecular formula is C21H27N3O4S. The van der Waals surface area contributed by atoms with Crippen LogP contribution in [0.15, 0.2) is 33.9 Å². The number of hydrogen-bond donors (Lipinski definition) is 1. The second-order valence-electron chi connectivity index (χ2n) is 7.59. The van der Waals surface area contributed by atoms with Crippen molar-refractivity contribution in [3.63, 3.8) is 0 Å². The van der Waals surface area contributed by atoms with E-state index in [1.165, 1.54) is 18.2 Å². The molecule has 2 aromatic heterocycles. The largest absolute Gasteiger partial charge is 0.452 e. The predicted molar refractivity (Wildman–Crippen MR) is 109 cm³/mol. The first-order chi connectivity index (χ1) is 13.9. The van der Waals surface area contributed by atoms with Gasteiger partial charge in [0.1, 0.15) is 10.8 Å². The standard InChI is InChI=1S/C21H27N3O4S/c1-13-6-4-8-18(15(13)3)23-19(25)11-27-21(26)17-7-5-9-22-20(17)29-12-16-10-14(2)28-24-16/h5,7,9-10,13,15,18H,4,6,8,11-12H2,1-3H3,(H,23,25)/t13-,15-,18-/m0/s1. The van der Waals surface area contributed by atoms with Crippen LogP contribution in [0, 0.1) is 18.8 Å². The molecule has 1 aliphatic carbocycles. The van der Waals surface area contributed by atoms with Gasteiger partial charge in [-0.2, -0.15) is 0 Å². The van der Waals surface area contributed by atoms with Crippen LogP contribution in [0.25, 0.3) is 0 Å². The Morgan fingerprint density at radius 2 is 2.17 bits per heavy atom. The smallest absolute Gasteiger partial charge is 0.341 e. The van der Waals surface area contributed by atoms with Gasteiger partial charge in [0.15, 0.2) is 6.61 Å². The van der Waals surface area contributed by atoms with Crippen molar-refractivity contribution in [3.05, 3.63) is 41.4 Å². The fraction of sp³-hybridized carbons (Fsp3) is 0.524. The van der Waals surface area contributed by atoms with Crippen LogP contribution < -0.4 is 5.32 Å². The topological polar surface area (TPSA) is 94.3 Å². The van der Waals surface area contributed by atoms with Gasteiger partial charge in [0, 0.05) is 24.1 Å². The molecule has 1 aliphatic rings. The second kappa shape index (κ2) is 9.91. The summed E-state index contributed by atoms with van der Waals surface area (Å²) >= 11 is 1.37. The number of thioether (sulfide) groups is 1. The summed E-state index contributed by atoms with van der Waals surface area (Å²) in [5, 5.41) is 7.49. The summed E-state index contributed by atoms with van der Waals surface area (Å²) in [6.07, 6.45) is 4.89. The normalized spacial score (nSPS) is 21.6. The lowest BCUT2D eigenvalue weighted by molar-refractivity contribution is -0.125. The molecule has 29 heavy (non-hydrogen) atoms. The van der Waals surface area contributed by atoms with Gasteiger partial charge < -0.3 is 14.6 Å². The number of esters is 1. The highest BCUT2D eigenvalue weighted by atomic mass is 32.2. The van der Waals surface area contributed by atoms with Crippen molar-refractivity contribution < 1.29 is 18.8 Å². The van der Waals surface area contributed by atoms with E-state index in [-0.39, 0.29) is 18.6 Å². The molecule has 8 heteroatoms. The van der Waals surface area contributed by atoms with Crippen molar-refractivity contribution in [2.24, 2.45) is 11.8 Å². The lowest BCUT2D eigenvalue weighted by Crippen LogP contribution is -2.45. The fourth-order valence-electron chi connectivity index (χ4n) is 3.53. The molecule has 0 spiro atoms. The van der Waals surface area contributed by atoms with Crippen LogP contribution in [-0.4, -0.2) is 34.7 Å². The van der Waals surface area contributed by atoms with E-state index in [1.54, 1.807) is 18.3 Å². The number of aryl methyl sites for hydroxylation is 1. The lowest BCUT2D eigenvalue weighted by atomic mass is 9.78. The predicted octanol–water partition coefficient (Wildman–Crippen LogP) is 3.77. The minimum Gasteiger partial charge on any atom is -0.452 e. The molecule has 0 bridgehead atoms. The Kier molecular flexibility index (Phi) is 7.30. The summed E-state index contributed by atoms with van der Waals surface area (Å²) in [7, 11) is 0. The molecule has 0 aliphatic heterocycles. The summed E-state index contributed by atoms with van der Waals surface area (Å²) in [6, 6.07) is 5.30. The molecule has 1 saturated carbocycles. The van der Waals surface area contributed by atoms with Crippen LogP contribution in [0.4, 0.5) is 0 Å². The van der Waals surface area contributed by atoms with E-state index in [0.29, 0.717) is 28.2 Å². The van der Waals surface area contributed by atoms with Crippen LogP contribution >= 0.6 is 11.8 Å². The maximum Gasteiger partial charge on any atom is 0.341 e. The van der Waals surface area contributed by atoms with Gasteiger partial charge in [-0.1, -0.05) is 43.6 Å². The van der Waals surface area contributed by atoms with E-state index >= 15 is 0 Å². The fourth-order valence-corrected chi connectivity index (χ4v) is 4.40. The van der Waals surface area contributed by atoms with Crippen LogP contribution in [0.2, 0.25) is 0 Å². The average molecular weight is 418 g/mol. The zero-order valence-corrected chi connectivity index (χ0v) is 17.8. The number of amides is 1. The Balaban J connectivity index is 1.53. The Labute approximate surface area is 175 Å². The molecule has 2 aromatic rings. The molecule has 3 atom stereocenters. The van der Waals surface area contributed by atoms with E-state index in [0.717, 1.165) is 24.3 Å². The molecular weight excluding hydrogens is 390 g/mol. The number of pyridine rings is 1. The highest BCUT2D eigenvalue weighted by molar-refractivity contribution is 7.98. The van der Waals surface area contributed by atoms with E-state index < -0.39 is 5.97 Å². The number of rotatable bonds is 7. The molecule has 1 amide bonds. The van der Waals surface area contributed by atoms with Crippen LogP contribution in [0.1, 0.15) is 54.9 Å². The molecule has 2 heterocycles. The van der Waals surface area contributed by atoms with E-state index in [9.17, 15) is 9.59 Å². The maximum atomic E-state index is 12.5. The van der Waals surface area contributed by atoms with Crippen molar-refractivity contribution in [1.82, 2.24) is 15.5 Å². The van der Waals surface area contributed by atoms with Gasteiger partial charge in [0.2, 0.25) is 0 Å². The Bertz CT molecular complexity index is 854. The summed E-state index contributed by atoms with van der Waals surface area (Å²) in [5.74, 6) is 1.43. The van der Waals surface area contributed by atoms with Crippen molar-refractivity contribution in [3.8, 4) is 0 Å². The SMILES string of the molecule is Cc1cc(CSc2ncccc2C(=O)OCC(=O)N[C@H]2CCC[C@H](C)[C@@H]2C)no1. The molecule has 1 N–H and O–H groups in total. The molecule has 3 rings (SSSR count). The van der Waals surface area contributed by atoms with Crippen LogP contribution in [-0.2, 0) is 15.3 Å². The number of hydrogen-bond acceptors (Lipinski definition) is 7. The first-order valence-corrected chi connectivity index (χ1v) is 10.9. The van der Waals surface area contributed by atoms with Crippen molar-refractivity contribution in [2.45, 2.75) is 56.9 Å². The minimum absolute atomic E-state index is 0.139. The molecule has 156 valence electrons. The van der Waals surface area contributed by atoms with Crippen molar-refractivity contribution in [1.29, 1.82) is 0 Å². The number of carbonyl (C=O) groups is 2. The number of ether oxygens (including phenoxy) is 1. The molecule has 1 fully saturated rings. The van der Waals surface area contributed by atoms with Gasteiger partial charge in [-0.05, 0) is 37.3 Å². The summed E-state index contributed by atoms with van der Waals surface area (Å²) < 4.78 is 10.3. The van der Waals surface area contributed by atoms with Gasteiger partial charge in [0.25, 0.3) is 5.91 Å². The third-order valence-corrected chi connectivity index (χ3v) is 6.45. The third-order valence-electron chi connectivity index (χ3n) is 5.41. The molecule has 0 saturated heterocycles. The zero-order valence-electron chi connectivity index (χ0n) is 17.0. The maximum absolute atomic E-state index is 12.5. The van der Waals surface area contributed by atoms with Crippen LogP contribution in [0.3, 0.4) is 0 Å². The minimum atomic E-state index is -0.558. The molecule has 0 unspecified atom stereocenters. The lowest BCUT2D eigenvalue weighted by Gasteiger charge is -2.34. The van der Waals surface area contributed by atoms with Crippen molar-refractivity contribution in [2.75, 3.05) is 6.61 Å². The van der Waals surface area contributed by atoms with E-state index in [2.05, 4.69) is 29.3 Å². The Morgan fingerprint density at radius 1 is 1.34 bits per heavy atom. The van der Waals surface area contributed by atoms with Gasteiger partial charge in [-0.25, -0.2) is 9.78 Å². The number of aromatic nitrogens is 2. The summed E-state index contributed by atoms with van der Waals surface area (Å²) in [6.45, 7) is 5.91.